The van der Waals surface area contributed by atoms with Crippen LogP contribution in [0.1, 0.15) is 11.1 Å². The lowest BCUT2D eigenvalue weighted by Gasteiger charge is -2.28. The minimum atomic E-state index is 0.634. The summed E-state index contributed by atoms with van der Waals surface area (Å²) in [4.78, 5) is 6.62. The van der Waals surface area contributed by atoms with Crippen molar-refractivity contribution in [3.05, 3.63) is 64.7 Å². The summed E-state index contributed by atoms with van der Waals surface area (Å²) in [6.45, 7) is 4.86. The summed E-state index contributed by atoms with van der Waals surface area (Å²) in [5.74, 6) is 0.752. The number of benzene rings is 2. The van der Waals surface area contributed by atoms with Crippen molar-refractivity contribution in [1.29, 1.82) is 0 Å². The highest BCUT2D eigenvalue weighted by molar-refractivity contribution is 6.31. The van der Waals surface area contributed by atoms with Gasteiger partial charge < -0.3 is 20.3 Å². The first-order chi connectivity index (χ1) is 12.8. The topological polar surface area (TPSA) is 48.9 Å². The molecule has 0 saturated carbocycles. The largest absolute Gasteiger partial charge is 0.378 e. The molecule has 0 aromatic heterocycles. The van der Waals surface area contributed by atoms with Crippen LogP contribution in [0.4, 0.5) is 5.69 Å². The van der Waals surface area contributed by atoms with Crippen LogP contribution < -0.4 is 15.5 Å². The second-order valence-electron chi connectivity index (χ2n) is 6.14. The zero-order chi connectivity index (χ0) is 18.2. The molecule has 0 radical (unpaired) electrons. The third-order valence-electron chi connectivity index (χ3n) is 4.40. The maximum absolute atomic E-state index is 6.19. The van der Waals surface area contributed by atoms with Crippen LogP contribution in [0.3, 0.4) is 0 Å². The van der Waals surface area contributed by atoms with E-state index in [0.717, 1.165) is 42.8 Å². The number of aliphatic imine (C=N–C) groups is 1. The van der Waals surface area contributed by atoms with Crippen molar-refractivity contribution in [3.63, 3.8) is 0 Å². The Balaban J connectivity index is 1.49. The van der Waals surface area contributed by atoms with Gasteiger partial charge in [-0.15, -0.1) is 0 Å². The van der Waals surface area contributed by atoms with E-state index < -0.39 is 0 Å². The normalized spacial score (nSPS) is 15.0. The van der Waals surface area contributed by atoms with Crippen molar-refractivity contribution in [1.82, 2.24) is 10.6 Å². The monoisotopic (exact) mass is 372 g/mol. The van der Waals surface area contributed by atoms with Crippen LogP contribution in [-0.2, 0) is 17.8 Å². The summed E-state index contributed by atoms with van der Waals surface area (Å²) in [5, 5.41) is 7.39. The number of guanidine groups is 1. The third kappa shape index (κ3) is 5.13. The van der Waals surface area contributed by atoms with Crippen LogP contribution in [0.2, 0.25) is 5.02 Å². The van der Waals surface area contributed by atoms with Gasteiger partial charge in [0, 0.05) is 43.9 Å². The molecule has 0 unspecified atom stereocenters. The van der Waals surface area contributed by atoms with Gasteiger partial charge in [0.2, 0.25) is 0 Å². The van der Waals surface area contributed by atoms with Crippen molar-refractivity contribution < 1.29 is 4.74 Å². The van der Waals surface area contributed by atoms with Crippen LogP contribution in [0.15, 0.2) is 53.5 Å². The Hall–Kier alpha value is -2.24. The molecule has 0 atom stereocenters. The van der Waals surface area contributed by atoms with E-state index in [2.05, 4.69) is 44.8 Å². The quantitative estimate of drug-likeness (QED) is 0.625. The summed E-state index contributed by atoms with van der Waals surface area (Å²) >= 11 is 6.19. The fourth-order valence-corrected chi connectivity index (χ4v) is 3.08. The minimum Gasteiger partial charge on any atom is -0.378 e. The first-order valence-corrected chi connectivity index (χ1v) is 9.23. The molecular formula is C20H25ClN4O. The highest BCUT2D eigenvalue weighted by Crippen LogP contribution is 2.17. The Bertz CT molecular complexity index is 727. The van der Waals surface area contributed by atoms with Crippen LogP contribution in [0.5, 0.6) is 0 Å². The molecule has 1 fully saturated rings. The van der Waals surface area contributed by atoms with Crippen molar-refractivity contribution in [3.8, 4) is 0 Å². The average Bonchev–Trinajstić information content (AvgIpc) is 2.70. The first-order valence-electron chi connectivity index (χ1n) is 8.86. The number of hydrogen-bond donors (Lipinski definition) is 2. The van der Waals surface area contributed by atoms with Gasteiger partial charge in [-0.2, -0.15) is 0 Å². The van der Waals surface area contributed by atoms with E-state index in [4.69, 9.17) is 16.3 Å². The SMILES string of the molecule is CN=C(NCc1ccc(N2CCOCC2)cc1)NCc1ccccc1Cl. The molecule has 6 heteroatoms. The Morgan fingerprint density at radius 3 is 2.42 bits per heavy atom. The molecule has 3 rings (SSSR count). The van der Waals surface area contributed by atoms with Gasteiger partial charge in [-0.1, -0.05) is 41.9 Å². The lowest BCUT2D eigenvalue weighted by atomic mass is 10.2. The number of nitrogens with zero attached hydrogens (tertiary/aromatic N) is 2. The maximum Gasteiger partial charge on any atom is 0.191 e. The van der Waals surface area contributed by atoms with Crippen LogP contribution in [0, 0.1) is 0 Å². The second kappa shape index (κ2) is 9.46. The van der Waals surface area contributed by atoms with Crippen molar-refractivity contribution in [2.45, 2.75) is 13.1 Å². The van der Waals surface area contributed by atoms with Gasteiger partial charge in [0.05, 0.1) is 13.2 Å². The lowest BCUT2D eigenvalue weighted by molar-refractivity contribution is 0.122. The molecule has 2 aromatic carbocycles. The van der Waals surface area contributed by atoms with E-state index in [1.807, 2.05) is 24.3 Å². The third-order valence-corrected chi connectivity index (χ3v) is 4.77. The predicted molar refractivity (Wildman–Crippen MR) is 108 cm³/mol. The molecule has 1 heterocycles. The number of morpholine rings is 1. The molecule has 0 bridgehead atoms. The number of anilines is 1. The van der Waals surface area contributed by atoms with Crippen LogP contribution >= 0.6 is 11.6 Å². The summed E-state index contributed by atoms with van der Waals surface area (Å²) in [7, 11) is 1.77. The first kappa shape index (κ1) is 18.5. The van der Waals surface area contributed by atoms with Crippen molar-refractivity contribution in [2.24, 2.45) is 4.99 Å². The van der Waals surface area contributed by atoms with E-state index >= 15 is 0 Å². The number of rotatable bonds is 5. The molecule has 5 nitrogen and oxygen atoms in total. The highest BCUT2D eigenvalue weighted by Gasteiger charge is 2.10. The van der Waals surface area contributed by atoms with E-state index in [0.29, 0.717) is 13.1 Å². The van der Waals surface area contributed by atoms with E-state index in [9.17, 15) is 0 Å². The Labute approximate surface area is 160 Å². The fourth-order valence-electron chi connectivity index (χ4n) is 2.87. The number of halogens is 1. The zero-order valence-corrected chi connectivity index (χ0v) is 15.8. The van der Waals surface area contributed by atoms with Crippen LogP contribution in [0.25, 0.3) is 0 Å². The highest BCUT2D eigenvalue weighted by atomic mass is 35.5. The Morgan fingerprint density at radius 2 is 1.73 bits per heavy atom. The summed E-state index contributed by atoms with van der Waals surface area (Å²) in [5.41, 5.74) is 3.51. The number of ether oxygens (including phenoxy) is 1. The van der Waals surface area contributed by atoms with Crippen molar-refractivity contribution in [2.75, 3.05) is 38.3 Å². The fraction of sp³-hybridized carbons (Fsp3) is 0.350. The van der Waals surface area contributed by atoms with Gasteiger partial charge in [-0.05, 0) is 29.3 Å². The Kier molecular flexibility index (Phi) is 6.75. The standard InChI is InChI=1S/C20H25ClN4O/c1-22-20(24-15-17-4-2-3-5-19(17)21)23-14-16-6-8-18(9-7-16)25-10-12-26-13-11-25/h2-9H,10-15H2,1H3,(H2,22,23,24). The molecular weight excluding hydrogens is 348 g/mol. The van der Waals surface area contributed by atoms with Gasteiger partial charge >= 0.3 is 0 Å². The van der Waals surface area contributed by atoms with Gasteiger partial charge in [-0.25, -0.2) is 0 Å². The molecule has 26 heavy (non-hydrogen) atoms. The molecule has 1 aliphatic heterocycles. The summed E-state index contributed by atoms with van der Waals surface area (Å²) < 4.78 is 5.40. The molecule has 1 saturated heterocycles. The van der Waals surface area contributed by atoms with E-state index in [-0.39, 0.29) is 0 Å². The number of hydrogen-bond acceptors (Lipinski definition) is 3. The molecule has 2 N–H and O–H groups in total. The zero-order valence-electron chi connectivity index (χ0n) is 15.0. The van der Waals surface area contributed by atoms with Gasteiger partial charge in [0.25, 0.3) is 0 Å². The molecule has 2 aromatic rings. The molecule has 0 aliphatic carbocycles. The molecule has 0 amide bonds. The average molecular weight is 373 g/mol. The maximum atomic E-state index is 6.19. The van der Waals surface area contributed by atoms with E-state index in [1.165, 1.54) is 11.3 Å². The van der Waals surface area contributed by atoms with Gasteiger partial charge in [-0.3, -0.25) is 4.99 Å². The molecule has 138 valence electrons. The summed E-state index contributed by atoms with van der Waals surface area (Å²) in [6, 6.07) is 16.5. The summed E-state index contributed by atoms with van der Waals surface area (Å²) in [6.07, 6.45) is 0. The molecule has 0 spiro atoms. The van der Waals surface area contributed by atoms with Crippen LogP contribution in [-0.4, -0.2) is 39.3 Å². The van der Waals surface area contributed by atoms with Gasteiger partial charge in [0.1, 0.15) is 0 Å². The smallest absolute Gasteiger partial charge is 0.191 e. The van der Waals surface area contributed by atoms with E-state index in [1.54, 1.807) is 7.05 Å². The Morgan fingerprint density at radius 1 is 1.04 bits per heavy atom. The minimum absolute atomic E-state index is 0.634. The second-order valence-corrected chi connectivity index (χ2v) is 6.54. The number of nitrogens with one attached hydrogen (secondary N) is 2. The lowest BCUT2D eigenvalue weighted by Crippen LogP contribution is -2.36. The molecule has 1 aliphatic rings. The predicted octanol–water partition coefficient (Wildman–Crippen LogP) is 3.04. The van der Waals surface area contributed by atoms with Crippen molar-refractivity contribution >= 4 is 23.2 Å². The van der Waals surface area contributed by atoms with Gasteiger partial charge in [0.15, 0.2) is 5.96 Å².